The summed E-state index contributed by atoms with van der Waals surface area (Å²) < 4.78 is 0. The van der Waals surface area contributed by atoms with Crippen molar-refractivity contribution < 1.29 is 0 Å². The molecule has 0 fully saturated rings. The fraction of sp³-hybridized carbons (Fsp3) is 0.500. The Bertz CT molecular complexity index is 271. The van der Waals surface area contributed by atoms with E-state index in [4.69, 9.17) is 23.2 Å². The van der Waals surface area contributed by atoms with Crippen LogP contribution in [0.3, 0.4) is 0 Å². The lowest BCUT2D eigenvalue weighted by Gasteiger charge is -2.15. The lowest BCUT2D eigenvalue weighted by Crippen LogP contribution is -2.01. The summed E-state index contributed by atoms with van der Waals surface area (Å²) in [4.78, 5) is 0. The van der Waals surface area contributed by atoms with Crippen molar-refractivity contribution in [1.82, 2.24) is 0 Å². The van der Waals surface area contributed by atoms with Gasteiger partial charge in [-0.25, -0.2) is 0 Å². The lowest BCUT2D eigenvalue weighted by molar-refractivity contribution is 0.628. The van der Waals surface area contributed by atoms with Gasteiger partial charge in [0.1, 0.15) is 0 Å². The maximum Gasteiger partial charge on any atom is 0.0441 e. The highest BCUT2D eigenvalue weighted by Gasteiger charge is 2.12. The summed E-state index contributed by atoms with van der Waals surface area (Å²) in [5.74, 6) is 1.06. The maximum atomic E-state index is 6.12. The second-order valence-corrected chi connectivity index (χ2v) is 4.23. The van der Waals surface area contributed by atoms with Crippen LogP contribution in [0.5, 0.6) is 0 Å². The Morgan fingerprint density at radius 3 is 2.57 bits per heavy atom. The minimum atomic E-state index is 0.408. The standard InChI is InChI=1S/C12H16Cl2/c1-2-3-6-10(9-13)11-7-4-5-8-12(11)14/h4-5,7-8,10H,2-3,6,9H2,1H3. The number of unbranched alkanes of at least 4 members (excludes halogenated alkanes) is 1. The van der Waals surface area contributed by atoms with E-state index in [9.17, 15) is 0 Å². The van der Waals surface area contributed by atoms with Crippen molar-refractivity contribution in [2.75, 3.05) is 5.88 Å². The Kier molecular flexibility index (Phi) is 5.36. The average molecular weight is 231 g/mol. The normalized spacial score (nSPS) is 12.8. The van der Waals surface area contributed by atoms with Crippen molar-refractivity contribution in [2.24, 2.45) is 0 Å². The lowest BCUT2D eigenvalue weighted by atomic mass is 9.95. The van der Waals surface area contributed by atoms with Gasteiger partial charge >= 0.3 is 0 Å². The minimum Gasteiger partial charge on any atom is -0.126 e. The fourth-order valence-corrected chi connectivity index (χ4v) is 2.18. The zero-order valence-electron chi connectivity index (χ0n) is 8.47. The van der Waals surface area contributed by atoms with E-state index in [1.54, 1.807) is 0 Å². The van der Waals surface area contributed by atoms with Crippen LogP contribution in [-0.2, 0) is 0 Å². The SMILES string of the molecule is CCCCC(CCl)c1ccccc1Cl. The third-order valence-electron chi connectivity index (χ3n) is 2.44. The fourth-order valence-electron chi connectivity index (χ4n) is 1.57. The maximum absolute atomic E-state index is 6.12. The predicted octanol–water partition coefficient (Wildman–Crippen LogP) is 4.85. The van der Waals surface area contributed by atoms with Gasteiger partial charge in [0.15, 0.2) is 0 Å². The molecule has 0 heterocycles. The number of hydrogen-bond donors (Lipinski definition) is 0. The Labute approximate surface area is 96.2 Å². The first kappa shape index (κ1) is 11.9. The van der Waals surface area contributed by atoms with Gasteiger partial charge in [0.2, 0.25) is 0 Å². The highest BCUT2D eigenvalue weighted by atomic mass is 35.5. The van der Waals surface area contributed by atoms with Crippen LogP contribution in [0.2, 0.25) is 5.02 Å². The molecule has 0 bridgehead atoms. The first-order valence-corrected chi connectivity index (χ1v) is 6.01. The minimum absolute atomic E-state index is 0.408. The molecular weight excluding hydrogens is 215 g/mol. The quantitative estimate of drug-likeness (QED) is 0.635. The van der Waals surface area contributed by atoms with Gasteiger partial charge in [-0.05, 0) is 24.0 Å². The van der Waals surface area contributed by atoms with Crippen LogP contribution < -0.4 is 0 Å². The zero-order valence-corrected chi connectivity index (χ0v) is 9.98. The van der Waals surface area contributed by atoms with Crippen molar-refractivity contribution in [3.05, 3.63) is 34.9 Å². The average Bonchev–Trinajstić information content (AvgIpc) is 2.21. The van der Waals surface area contributed by atoms with Gasteiger partial charge in [0.25, 0.3) is 0 Å². The van der Waals surface area contributed by atoms with Crippen molar-refractivity contribution in [3.8, 4) is 0 Å². The van der Waals surface area contributed by atoms with Gasteiger partial charge in [-0.2, -0.15) is 0 Å². The van der Waals surface area contributed by atoms with Crippen LogP contribution in [0.4, 0.5) is 0 Å². The molecule has 0 amide bonds. The third-order valence-corrected chi connectivity index (χ3v) is 3.15. The molecule has 0 aliphatic carbocycles. The molecule has 0 saturated heterocycles. The Morgan fingerprint density at radius 2 is 2.00 bits per heavy atom. The van der Waals surface area contributed by atoms with E-state index in [0.29, 0.717) is 11.8 Å². The predicted molar refractivity (Wildman–Crippen MR) is 64.4 cm³/mol. The molecule has 1 atom stereocenters. The molecule has 1 aromatic rings. The molecule has 0 saturated carbocycles. The van der Waals surface area contributed by atoms with Crippen LogP contribution >= 0.6 is 23.2 Å². The molecule has 0 radical (unpaired) electrons. The van der Waals surface area contributed by atoms with Gasteiger partial charge in [-0.1, -0.05) is 49.6 Å². The van der Waals surface area contributed by atoms with Crippen LogP contribution in [0, 0.1) is 0 Å². The molecule has 14 heavy (non-hydrogen) atoms. The third kappa shape index (κ3) is 3.18. The van der Waals surface area contributed by atoms with E-state index in [1.165, 1.54) is 18.4 Å². The summed E-state index contributed by atoms with van der Waals surface area (Å²) in [6.07, 6.45) is 3.55. The van der Waals surface area contributed by atoms with Crippen molar-refractivity contribution in [2.45, 2.75) is 32.1 Å². The van der Waals surface area contributed by atoms with Crippen LogP contribution in [0.25, 0.3) is 0 Å². The molecule has 0 spiro atoms. The molecule has 2 heteroatoms. The van der Waals surface area contributed by atoms with Crippen molar-refractivity contribution in [1.29, 1.82) is 0 Å². The molecule has 1 rings (SSSR count). The number of hydrogen-bond acceptors (Lipinski definition) is 0. The van der Waals surface area contributed by atoms with E-state index in [-0.39, 0.29) is 0 Å². The molecule has 0 aliphatic rings. The van der Waals surface area contributed by atoms with Crippen LogP contribution in [0.1, 0.15) is 37.7 Å². The van der Waals surface area contributed by atoms with Gasteiger partial charge in [-0.3, -0.25) is 0 Å². The zero-order chi connectivity index (χ0) is 10.4. The second-order valence-electron chi connectivity index (χ2n) is 3.51. The summed E-state index contributed by atoms with van der Waals surface area (Å²) in [5.41, 5.74) is 1.19. The monoisotopic (exact) mass is 230 g/mol. The van der Waals surface area contributed by atoms with E-state index >= 15 is 0 Å². The Morgan fingerprint density at radius 1 is 1.29 bits per heavy atom. The number of alkyl halides is 1. The molecule has 78 valence electrons. The van der Waals surface area contributed by atoms with E-state index in [1.807, 2.05) is 18.2 Å². The molecule has 0 nitrogen and oxygen atoms in total. The highest BCUT2D eigenvalue weighted by Crippen LogP contribution is 2.29. The molecule has 0 N–H and O–H groups in total. The van der Waals surface area contributed by atoms with E-state index in [0.717, 1.165) is 11.4 Å². The van der Waals surface area contributed by atoms with Gasteiger partial charge < -0.3 is 0 Å². The highest BCUT2D eigenvalue weighted by molar-refractivity contribution is 6.31. The molecule has 1 aromatic carbocycles. The van der Waals surface area contributed by atoms with Gasteiger partial charge in [0.05, 0.1) is 0 Å². The van der Waals surface area contributed by atoms with Crippen LogP contribution in [-0.4, -0.2) is 5.88 Å². The number of halogens is 2. The first-order chi connectivity index (χ1) is 6.79. The number of benzene rings is 1. The number of rotatable bonds is 5. The van der Waals surface area contributed by atoms with Crippen molar-refractivity contribution >= 4 is 23.2 Å². The Hall–Kier alpha value is -0.200. The van der Waals surface area contributed by atoms with E-state index < -0.39 is 0 Å². The summed E-state index contributed by atoms with van der Waals surface area (Å²) in [7, 11) is 0. The van der Waals surface area contributed by atoms with Crippen molar-refractivity contribution in [3.63, 3.8) is 0 Å². The topological polar surface area (TPSA) is 0 Å². The second kappa shape index (κ2) is 6.31. The summed E-state index contributed by atoms with van der Waals surface area (Å²) in [6, 6.07) is 7.98. The molecule has 0 aliphatic heterocycles. The first-order valence-electron chi connectivity index (χ1n) is 5.10. The molecular formula is C12H16Cl2. The summed E-state index contributed by atoms with van der Waals surface area (Å²) >= 11 is 12.1. The van der Waals surface area contributed by atoms with Crippen LogP contribution in [0.15, 0.2) is 24.3 Å². The molecule has 0 aromatic heterocycles. The van der Waals surface area contributed by atoms with E-state index in [2.05, 4.69) is 13.0 Å². The summed E-state index contributed by atoms with van der Waals surface area (Å²) in [5, 5.41) is 0.842. The smallest absolute Gasteiger partial charge is 0.0441 e. The largest absolute Gasteiger partial charge is 0.126 e. The van der Waals surface area contributed by atoms with Gasteiger partial charge in [0, 0.05) is 10.9 Å². The summed E-state index contributed by atoms with van der Waals surface area (Å²) in [6.45, 7) is 2.19. The molecule has 1 unspecified atom stereocenters. The van der Waals surface area contributed by atoms with Gasteiger partial charge in [-0.15, -0.1) is 11.6 Å². The Balaban J connectivity index is 2.73.